The Balaban J connectivity index is 0.00000240. The number of hydrogen-bond donors (Lipinski definition) is 2. The Hall–Kier alpha value is -2.83. The molecule has 1 aliphatic rings. The Morgan fingerprint density at radius 3 is 2.59 bits per heavy atom. The van der Waals surface area contributed by atoms with E-state index in [4.69, 9.17) is 4.74 Å². The number of hydrogen-bond acceptors (Lipinski definition) is 4. The van der Waals surface area contributed by atoms with Crippen molar-refractivity contribution in [3.63, 3.8) is 0 Å². The number of ether oxygens (including phenoxy) is 1. The summed E-state index contributed by atoms with van der Waals surface area (Å²) in [5, 5.41) is 11.0. The summed E-state index contributed by atoms with van der Waals surface area (Å²) in [7, 11) is 1.64. The Morgan fingerprint density at radius 1 is 1.17 bits per heavy atom. The van der Waals surface area contributed by atoms with Gasteiger partial charge in [0.2, 0.25) is 0 Å². The summed E-state index contributed by atoms with van der Waals surface area (Å²) in [5.41, 5.74) is 3.16. The molecule has 3 aromatic rings. The second-order valence-corrected chi connectivity index (χ2v) is 6.91. The highest BCUT2D eigenvalue weighted by atomic mass is 35.5. The molecule has 1 saturated heterocycles. The van der Waals surface area contributed by atoms with Gasteiger partial charge in [-0.05, 0) is 61.9 Å². The molecule has 29 heavy (non-hydrogen) atoms. The number of piperidine rings is 1. The van der Waals surface area contributed by atoms with Gasteiger partial charge in [0.15, 0.2) is 5.69 Å². The molecule has 0 spiro atoms. The van der Waals surface area contributed by atoms with Crippen LogP contribution in [-0.2, 0) is 0 Å². The van der Waals surface area contributed by atoms with E-state index in [2.05, 4.69) is 15.7 Å². The normalized spacial score (nSPS) is 16.0. The smallest absolute Gasteiger partial charge is 0.272 e. The SMILES string of the molecule is COc1ccc(-c2cc(C(=O)N[C@H]3CCCNC3)nn2-c2ccccc2)cc1.Cl. The second-order valence-electron chi connectivity index (χ2n) is 6.91. The molecule has 1 amide bonds. The first kappa shape index (κ1) is 20.9. The van der Waals surface area contributed by atoms with Crippen LogP contribution in [0.4, 0.5) is 0 Å². The van der Waals surface area contributed by atoms with E-state index < -0.39 is 0 Å². The molecule has 0 unspecified atom stereocenters. The van der Waals surface area contributed by atoms with Gasteiger partial charge in [0.1, 0.15) is 5.75 Å². The standard InChI is InChI=1S/C22H24N4O2.ClH/c1-28-19-11-9-16(10-12-19)21-14-20(22(27)24-17-6-5-13-23-15-17)25-26(21)18-7-3-2-4-8-18;/h2-4,7-12,14,17,23H,5-6,13,15H2,1H3,(H,24,27);1H/t17-;/m0./s1. The largest absolute Gasteiger partial charge is 0.497 e. The van der Waals surface area contributed by atoms with Crippen molar-refractivity contribution in [1.82, 2.24) is 20.4 Å². The topological polar surface area (TPSA) is 68.2 Å². The predicted molar refractivity (Wildman–Crippen MR) is 116 cm³/mol. The first-order valence-electron chi connectivity index (χ1n) is 9.56. The third-order valence-electron chi connectivity index (χ3n) is 4.96. The highest BCUT2D eigenvalue weighted by molar-refractivity contribution is 5.93. The van der Waals surface area contributed by atoms with E-state index >= 15 is 0 Å². The minimum Gasteiger partial charge on any atom is -0.497 e. The number of halogens is 1. The van der Waals surface area contributed by atoms with Crippen molar-refractivity contribution in [2.75, 3.05) is 20.2 Å². The average molecular weight is 413 g/mol. The van der Waals surface area contributed by atoms with Crippen molar-refractivity contribution >= 4 is 18.3 Å². The maximum absolute atomic E-state index is 12.8. The number of benzene rings is 2. The summed E-state index contributed by atoms with van der Waals surface area (Å²) in [6.07, 6.45) is 2.06. The zero-order valence-corrected chi connectivity index (χ0v) is 17.1. The Labute approximate surface area is 176 Å². The molecule has 0 aliphatic carbocycles. The summed E-state index contributed by atoms with van der Waals surface area (Å²) in [6.45, 7) is 1.81. The van der Waals surface area contributed by atoms with Gasteiger partial charge in [-0.2, -0.15) is 5.10 Å². The van der Waals surface area contributed by atoms with E-state index in [1.165, 1.54) is 0 Å². The molecule has 2 heterocycles. The highest BCUT2D eigenvalue weighted by Crippen LogP contribution is 2.26. The van der Waals surface area contributed by atoms with Crippen LogP contribution in [0.2, 0.25) is 0 Å². The number of amides is 1. The van der Waals surface area contributed by atoms with E-state index in [1.807, 2.05) is 65.3 Å². The van der Waals surface area contributed by atoms with E-state index in [9.17, 15) is 4.79 Å². The van der Waals surface area contributed by atoms with Crippen molar-refractivity contribution in [2.45, 2.75) is 18.9 Å². The quantitative estimate of drug-likeness (QED) is 0.673. The van der Waals surface area contributed by atoms with Gasteiger partial charge in [-0.3, -0.25) is 4.79 Å². The Bertz CT molecular complexity index is 935. The summed E-state index contributed by atoms with van der Waals surface area (Å²) >= 11 is 0. The lowest BCUT2D eigenvalue weighted by Gasteiger charge is -2.23. The molecule has 0 saturated carbocycles. The maximum Gasteiger partial charge on any atom is 0.272 e. The Kier molecular flexibility index (Phi) is 6.90. The monoisotopic (exact) mass is 412 g/mol. The van der Waals surface area contributed by atoms with Gasteiger partial charge in [-0.1, -0.05) is 18.2 Å². The number of carbonyl (C=O) groups excluding carboxylic acids is 1. The summed E-state index contributed by atoms with van der Waals surface area (Å²) in [4.78, 5) is 12.8. The minimum absolute atomic E-state index is 0. The molecule has 1 atom stereocenters. The number of para-hydroxylation sites is 1. The molecule has 4 rings (SSSR count). The fourth-order valence-corrected chi connectivity index (χ4v) is 3.46. The number of nitrogens with zero attached hydrogens (tertiary/aromatic N) is 2. The van der Waals surface area contributed by atoms with E-state index in [0.29, 0.717) is 5.69 Å². The van der Waals surface area contributed by atoms with Gasteiger partial charge in [0.25, 0.3) is 5.91 Å². The molecule has 2 aromatic carbocycles. The van der Waals surface area contributed by atoms with Crippen molar-refractivity contribution in [3.05, 3.63) is 66.4 Å². The molecule has 1 fully saturated rings. The van der Waals surface area contributed by atoms with Crippen LogP contribution in [-0.4, -0.2) is 41.9 Å². The fourth-order valence-electron chi connectivity index (χ4n) is 3.46. The van der Waals surface area contributed by atoms with Crippen LogP contribution >= 0.6 is 12.4 Å². The number of methoxy groups -OCH3 is 1. The molecular formula is C22H25ClN4O2. The van der Waals surface area contributed by atoms with Crippen LogP contribution in [0.3, 0.4) is 0 Å². The molecule has 0 radical (unpaired) electrons. The molecule has 2 N–H and O–H groups in total. The molecule has 6 nitrogen and oxygen atoms in total. The van der Waals surface area contributed by atoms with Gasteiger partial charge in [0, 0.05) is 18.2 Å². The van der Waals surface area contributed by atoms with Gasteiger partial charge in [-0.25, -0.2) is 4.68 Å². The second kappa shape index (κ2) is 9.58. The number of carbonyl (C=O) groups is 1. The molecule has 152 valence electrons. The molecule has 1 aliphatic heterocycles. The average Bonchev–Trinajstić information content (AvgIpc) is 3.21. The Morgan fingerprint density at radius 2 is 1.93 bits per heavy atom. The van der Waals surface area contributed by atoms with Crippen LogP contribution in [0, 0.1) is 0 Å². The van der Waals surface area contributed by atoms with Crippen LogP contribution < -0.4 is 15.4 Å². The van der Waals surface area contributed by atoms with Crippen molar-refractivity contribution in [1.29, 1.82) is 0 Å². The summed E-state index contributed by atoms with van der Waals surface area (Å²) in [6, 6.07) is 19.6. The minimum atomic E-state index is -0.141. The lowest BCUT2D eigenvalue weighted by atomic mass is 10.1. The van der Waals surface area contributed by atoms with Gasteiger partial charge >= 0.3 is 0 Å². The maximum atomic E-state index is 12.8. The van der Waals surface area contributed by atoms with Crippen LogP contribution in [0.15, 0.2) is 60.7 Å². The lowest BCUT2D eigenvalue weighted by molar-refractivity contribution is 0.0925. The zero-order valence-electron chi connectivity index (χ0n) is 16.3. The van der Waals surface area contributed by atoms with Crippen LogP contribution in [0.1, 0.15) is 23.3 Å². The van der Waals surface area contributed by atoms with Crippen LogP contribution in [0.5, 0.6) is 5.75 Å². The van der Waals surface area contributed by atoms with E-state index in [-0.39, 0.29) is 24.4 Å². The summed E-state index contributed by atoms with van der Waals surface area (Å²) in [5.74, 6) is 0.649. The molecular weight excluding hydrogens is 388 g/mol. The van der Waals surface area contributed by atoms with E-state index in [0.717, 1.165) is 48.6 Å². The summed E-state index contributed by atoms with van der Waals surface area (Å²) < 4.78 is 7.07. The first-order chi connectivity index (χ1) is 13.7. The molecule has 1 aromatic heterocycles. The van der Waals surface area contributed by atoms with Crippen LogP contribution in [0.25, 0.3) is 16.9 Å². The zero-order chi connectivity index (χ0) is 19.3. The number of aromatic nitrogens is 2. The highest BCUT2D eigenvalue weighted by Gasteiger charge is 2.20. The number of rotatable bonds is 5. The predicted octanol–water partition coefficient (Wildman–Crippen LogP) is 3.45. The third kappa shape index (κ3) is 4.78. The van der Waals surface area contributed by atoms with E-state index in [1.54, 1.807) is 7.11 Å². The fraction of sp³-hybridized carbons (Fsp3) is 0.273. The van der Waals surface area contributed by atoms with Crippen molar-refractivity contribution < 1.29 is 9.53 Å². The van der Waals surface area contributed by atoms with Gasteiger partial charge in [0.05, 0.1) is 18.5 Å². The molecule has 0 bridgehead atoms. The molecule has 7 heteroatoms. The van der Waals surface area contributed by atoms with Crippen molar-refractivity contribution in [2.24, 2.45) is 0 Å². The van der Waals surface area contributed by atoms with Gasteiger partial charge in [-0.15, -0.1) is 12.4 Å². The lowest BCUT2D eigenvalue weighted by Crippen LogP contribution is -2.45. The third-order valence-corrected chi connectivity index (χ3v) is 4.96. The number of nitrogens with one attached hydrogen (secondary N) is 2. The van der Waals surface area contributed by atoms with Gasteiger partial charge < -0.3 is 15.4 Å². The first-order valence-corrected chi connectivity index (χ1v) is 9.56. The van der Waals surface area contributed by atoms with Crippen molar-refractivity contribution in [3.8, 4) is 22.7 Å².